The largest absolute Gasteiger partial charge is 0.262 e. The van der Waals surface area contributed by atoms with Crippen LogP contribution in [-0.4, -0.2) is 24.1 Å². The molecule has 0 aliphatic carbocycles. The van der Waals surface area contributed by atoms with Gasteiger partial charge in [-0.2, -0.15) is 5.10 Å². The smallest absolute Gasteiger partial charge is 0.227 e. The molecule has 0 aromatic rings. The zero-order chi connectivity index (χ0) is 7.02. The van der Waals surface area contributed by atoms with Crippen molar-refractivity contribution in [3.8, 4) is 0 Å². The van der Waals surface area contributed by atoms with Gasteiger partial charge in [0, 0.05) is 7.05 Å². The molecule has 0 aromatic carbocycles. The molecule has 0 saturated heterocycles. The minimum absolute atomic E-state index is 0.246. The zero-order valence-electron chi connectivity index (χ0n) is 5.93. The van der Waals surface area contributed by atoms with Crippen molar-refractivity contribution in [2.24, 2.45) is 11.0 Å². The maximum Gasteiger partial charge on any atom is 0.227 e. The highest BCUT2D eigenvalue weighted by Gasteiger charge is 2.30. The fraction of sp³-hybridized carbons (Fsp3) is 0.833. The van der Waals surface area contributed by atoms with Crippen molar-refractivity contribution in [3.05, 3.63) is 0 Å². The van der Waals surface area contributed by atoms with E-state index in [0.717, 1.165) is 0 Å². The topological polar surface area (TPSA) is 15.6 Å². The van der Waals surface area contributed by atoms with Crippen LogP contribution in [0, 0.1) is 5.92 Å². The Hall–Kier alpha value is -0.600. The van der Waals surface area contributed by atoms with Crippen LogP contribution in [0.5, 0.6) is 0 Å². The molecule has 0 radical (unpaired) electrons. The number of alkyl halides is 1. The third-order valence-corrected chi connectivity index (χ3v) is 1.44. The lowest BCUT2D eigenvalue weighted by atomic mass is 10.1. The molecule has 52 valence electrons. The van der Waals surface area contributed by atoms with Crippen LogP contribution in [0.4, 0.5) is 4.39 Å². The Kier molecular flexibility index (Phi) is 1.43. The summed E-state index contributed by atoms with van der Waals surface area (Å²) in [6.45, 7) is 3.89. The van der Waals surface area contributed by atoms with Gasteiger partial charge in [-0.25, -0.2) is 4.39 Å². The molecular formula is C6H11FN2. The van der Waals surface area contributed by atoms with E-state index in [1.54, 1.807) is 7.05 Å². The summed E-state index contributed by atoms with van der Waals surface area (Å²) in [5.41, 5.74) is 0.664. The minimum Gasteiger partial charge on any atom is -0.262 e. The molecule has 0 amide bonds. The molecule has 3 heteroatoms. The molecule has 1 rings (SSSR count). The molecule has 1 aliphatic rings. The molecule has 1 aliphatic heterocycles. The van der Waals surface area contributed by atoms with Gasteiger partial charge in [0.2, 0.25) is 6.30 Å². The van der Waals surface area contributed by atoms with Crippen molar-refractivity contribution in [2.75, 3.05) is 7.05 Å². The summed E-state index contributed by atoms with van der Waals surface area (Å²) in [6.07, 6.45) is -0.926. The molecule has 0 fully saturated rings. The van der Waals surface area contributed by atoms with E-state index in [9.17, 15) is 4.39 Å². The molecule has 1 unspecified atom stereocenters. The van der Waals surface area contributed by atoms with Crippen molar-refractivity contribution in [2.45, 2.75) is 20.1 Å². The van der Waals surface area contributed by atoms with E-state index in [2.05, 4.69) is 5.10 Å². The lowest BCUT2D eigenvalue weighted by Gasteiger charge is -2.31. The highest BCUT2D eigenvalue weighted by molar-refractivity contribution is 5.92. The summed E-state index contributed by atoms with van der Waals surface area (Å²) < 4.78 is 12.6. The molecular weight excluding hydrogens is 119 g/mol. The third-order valence-electron chi connectivity index (χ3n) is 1.44. The molecule has 0 saturated carbocycles. The fourth-order valence-electron chi connectivity index (χ4n) is 0.806. The first-order chi connectivity index (χ1) is 4.13. The molecule has 2 nitrogen and oxygen atoms in total. The van der Waals surface area contributed by atoms with Crippen LogP contribution >= 0.6 is 0 Å². The summed E-state index contributed by atoms with van der Waals surface area (Å²) in [7, 11) is 1.64. The monoisotopic (exact) mass is 130 g/mol. The Balaban J connectivity index is 2.57. The van der Waals surface area contributed by atoms with Gasteiger partial charge in [0.05, 0.1) is 5.71 Å². The number of rotatable bonds is 1. The molecule has 1 atom stereocenters. The van der Waals surface area contributed by atoms with Gasteiger partial charge >= 0.3 is 0 Å². The van der Waals surface area contributed by atoms with Gasteiger partial charge < -0.3 is 0 Å². The molecule has 0 spiro atoms. The average Bonchev–Trinajstić information content (AvgIpc) is 1.81. The van der Waals surface area contributed by atoms with Crippen LogP contribution in [0.1, 0.15) is 13.8 Å². The highest BCUT2D eigenvalue weighted by atomic mass is 19.1. The Morgan fingerprint density at radius 1 is 1.67 bits per heavy atom. The molecule has 0 N–H and O–H groups in total. The first-order valence-electron chi connectivity index (χ1n) is 3.08. The normalized spacial score (nSPS) is 26.1. The van der Waals surface area contributed by atoms with Crippen LogP contribution in [-0.2, 0) is 0 Å². The van der Waals surface area contributed by atoms with Crippen LogP contribution in [0.2, 0.25) is 0 Å². The SMILES string of the molecule is CC(C)C1=NN(C)C1F. The number of halogens is 1. The molecule has 0 aromatic heterocycles. The standard InChI is InChI=1S/C6H11FN2/c1-4(2)5-6(7)9(3)8-5/h4,6H,1-3H3. The highest BCUT2D eigenvalue weighted by Crippen LogP contribution is 2.18. The zero-order valence-corrected chi connectivity index (χ0v) is 5.93. The molecule has 0 bridgehead atoms. The van der Waals surface area contributed by atoms with Crippen molar-refractivity contribution < 1.29 is 4.39 Å². The lowest BCUT2D eigenvalue weighted by molar-refractivity contribution is 0.129. The van der Waals surface area contributed by atoms with Crippen molar-refractivity contribution in [3.63, 3.8) is 0 Å². The maximum absolute atomic E-state index is 12.6. The van der Waals surface area contributed by atoms with E-state index in [4.69, 9.17) is 0 Å². The summed E-state index contributed by atoms with van der Waals surface area (Å²) in [6, 6.07) is 0. The first-order valence-corrected chi connectivity index (χ1v) is 3.08. The van der Waals surface area contributed by atoms with Crippen LogP contribution in [0.25, 0.3) is 0 Å². The number of hydrazone groups is 1. The quantitative estimate of drug-likeness (QED) is 0.487. The average molecular weight is 130 g/mol. The lowest BCUT2D eigenvalue weighted by Crippen LogP contribution is -2.44. The van der Waals surface area contributed by atoms with Gasteiger partial charge in [-0.05, 0) is 5.92 Å². The Morgan fingerprint density at radius 3 is 2.33 bits per heavy atom. The van der Waals surface area contributed by atoms with E-state index < -0.39 is 6.30 Å². The third kappa shape index (κ3) is 0.910. The second-order valence-electron chi connectivity index (χ2n) is 2.59. The maximum atomic E-state index is 12.6. The van der Waals surface area contributed by atoms with E-state index >= 15 is 0 Å². The molecule has 1 heterocycles. The minimum atomic E-state index is -0.926. The van der Waals surface area contributed by atoms with Gasteiger partial charge in [-0.1, -0.05) is 13.8 Å². The van der Waals surface area contributed by atoms with Crippen LogP contribution in [0.3, 0.4) is 0 Å². The molecule has 9 heavy (non-hydrogen) atoms. The van der Waals surface area contributed by atoms with Gasteiger partial charge in [-0.15, -0.1) is 0 Å². The summed E-state index contributed by atoms with van der Waals surface area (Å²) >= 11 is 0. The van der Waals surface area contributed by atoms with Gasteiger partial charge in [-0.3, -0.25) is 5.01 Å². The Morgan fingerprint density at radius 2 is 2.22 bits per heavy atom. The van der Waals surface area contributed by atoms with Crippen LogP contribution in [0.15, 0.2) is 5.10 Å². The van der Waals surface area contributed by atoms with Crippen molar-refractivity contribution >= 4 is 5.71 Å². The van der Waals surface area contributed by atoms with Gasteiger partial charge in [0.1, 0.15) is 0 Å². The van der Waals surface area contributed by atoms with E-state index in [-0.39, 0.29) is 5.92 Å². The Bertz CT molecular complexity index is 142. The van der Waals surface area contributed by atoms with E-state index in [0.29, 0.717) is 5.71 Å². The predicted octanol–water partition coefficient (Wildman–Crippen LogP) is 1.24. The first kappa shape index (κ1) is 6.52. The number of nitrogens with zero attached hydrogens (tertiary/aromatic N) is 2. The summed E-state index contributed by atoms with van der Waals surface area (Å²) in [5, 5.41) is 5.21. The number of hydrogen-bond acceptors (Lipinski definition) is 2. The van der Waals surface area contributed by atoms with E-state index in [1.165, 1.54) is 5.01 Å². The Labute approximate surface area is 54.3 Å². The van der Waals surface area contributed by atoms with Crippen LogP contribution < -0.4 is 0 Å². The van der Waals surface area contributed by atoms with Crippen molar-refractivity contribution in [1.29, 1.82) is 0 Å². The fourth-order valence-corrected chi connectivity index (χ4v) is 0.806. The van der Waals surface area contributed by atoms with Gasteiger partial charge in [0.25, 0.3) is 0 Å². The summed E-state index contributed by atoms with van der Waals surface area (Å²) in [5.74, 6) is 0.246. The van der Waals surface area contributed by atoms with Gasteiger partial charge in [0.15, 0.2) is 0 Å². The predicted molar refractivity (Wildman–Crippen MR) is 34.9 cm³/mol. The second kappa shape index (κ2) is 1.97. The second-order valence-corrected chi connectivity index (χ2v) is 2.59. The van der Waals surface area contributed by atoms with Crippen molar-refractivity contribution in [1.82, 2.24) is 5.01 Å². The number of hydrogen-bond donors (Lipinski definition) is 0. The van der Waals surface area contributed by atoms with E-state index in [1.807, 2.05) is 13.8 Å². The summed E-state index contributed by atoms with van der Waals surface area (Å²) in [4.78, 5) is 0.